The first-order valence-electron chi connectivity index (χ1n) is 7.22. The third-order valence-electron chi connectivity index (χ3n) is 3.20. The third-order valence-corrected chi connectivity index (χ3v) is 3.20. The molecule has 0 saturated carbocycles. The van der Waals surface area contributed by atoms with Crippen molar-refractivity contribution < 1.29 is 13.9 Å². The largest absolute Gasteiger partial charge is 0.492 e. The molecule has 1 aliphatic heterocycles. The van der Waals surface area contributed by atoms with E-state index in [1.54, 1.807) is 19.2 Å². The van der Waals surface area contributed by atoms with Crippen LogP contribution in [0.2, 0.25) is 0 Å². The molecule has 1 aliphatic rings. The summed E-state index contributed by atoms with van der Waals surface area (Å²) in [6.45, 7) is 2.62. The third kappa shape index (κ3) is 6.78. The summed E-state index contributed by atoms with van der Waals surface area (Å²) in [4.78, 5) is 4.13. The van der Waals surface area contributed by atoms with Crippen LogP contribution in [0.5, 0.6) is 5.75 Å². The molecule has 22 heavy (non-hydrogen) atoms. The van der Waals surface area contributed by atoms with Gasteiger partial charge in [0.25, 0.3) is 0 Å². The summed E-state index contributed by atoms with van der Waals surface area (Å²) in [5, 5.41) is 6.36. The van der Waals surface area contributed by atoms with Gasteiger partial charge in [-0.05, 0) is 25.0 Å². The number of rotatable bonds is 6. The van der Waals surface area contributed by atoms with Crippen LogP contribution >= 0.6 is 24.0 Å². The predicted octanol–water partition coefficient (Wildman–Crippen LogP) is 2.17. The molecular weight excluding hydrogens is 400 g/mol. The number of nitrogens with one attached hydrogen (secondary N) is 2. The van der Waals surface area contributed by atoms with E-state index in [1.807, 2.05) is 0 Å². The molecule has 5 nitrogen and oxygen atoms in total. The van der Waals surface area contributed by atoms with Crippen LogP contribution in [0.3, 0.4) is 0 Å². The highest BCUT2D eigenvalue weighted by molar-refractivity contribution is 14.0. The van der Waals surface area contributed by atoms with Crippen molar-refractivity contribution in [1.29, 1.82) is 0 Å². The highest BCUT2D eigenvalue weighted by Crippen LogP contribution is 2.11. The van der Waals surface area contributed by atoms with E-state index in [0.29, 0.717) is 24.9 Å². The summed E-state index contributed by atoms with van der Waals surface area (Å²) >= 11 is 0. The van der Waals surface area contributed by atoms with Crippen LogP contribution in [0.1, 0.15) is 12.8 Å². The Hall–Kier alpha value is -1.09. The van der Waals surface area contributed by atoms with E-state index in [9.17, 15) is 4.39 Å². The Bertz CT molecular complexity index is 468. The normalized spacial score (nSPS) is 17.7. The van der Waals surface area contributed by atoms with Gasteiger partial charge in [0.1, 0.15) is 18.2 Å². The van der Waals surface area contributed by atoms with Crippen molar-refractivity contribution in [2.24, 2.45) is 4.99 Å². The Morgan fingerprint density at radius 3 is 3.00 bits per heavy atom. The van der Waals surface area contributed by atoms with Gasteiger partial charge in [0, 0.05) is 26.3 Å². The fourth-order valence-electron chi connectivity index (χ4n) is 2.13. The number of hydrogen-bond acceptors (Lipinski definition) is 3. The SMILES string of the molecule is CN=C(NCCOc1cccc(F)c1)NCC1CCCO1.I. The molecule has 1 saturated heterocycles. The lowest BCUT2D eigenvalue weighted by Crippen LogP contribution is -2.42. The summed E-state index contributed by atoms with van der Waals surface area (Å²) in [6.07, 6.45) is 2.49. The van der Waals surface area contributed by atoms with Gasteiger partial charge >= 0.3 is 0 Å². The Labute approximate surface area is 147 Å². The van der Waals surface area contributed by atoms with Crippen molar-refractivity contribution in [3.8, 4) is 5.75 Å². The molecule has 1 atom stereocenters. The smallest absolute Gasteiger partial charge is 0.191 e. The first-order valence-corrected chi connectivity index (χ1v) is 7.22. The number of benzene rings is 1. The van der Waals surface area contributed by atoms with Gasteiger partial charge in [0.15, 0.2) is 5.96 Å². The minimum Gasteiger partial charge on any atom is -0.492 e. The zero-order valence-corrected chi connectivity index (χ0v) is 15.0. The summed E-state index contributed by atoms with van der Waals surface area (Å²) in [5.74, 6) is 0.946. The van der Waals surface area contributed by atoms with Gasteiger partial charge in [-0.25, -0.2) is 4.39 Å². The molecule has 7 heteroatoms. The van der Waals surface area contributed by atoms with E-state index >= 15 is 0 Å². The fraction of sp³-hybridized carbons (Fsp3) is 0.533. The maximum Gasteiger partial charge on any atom is 0.191 e. The molecule has 1 aromatic rings. The molecule has 124 valence electrons. The number of aliphatic imine (C=N–C) groups is 1. The summed E-state index contributed by atoms with van der Waals surface area (Å²) in [5.41, 5.74) is 0. The van der Waals surface area contributed by atoms with Crippen molar-refractivity contribution in [2.75, 3.05) is 33.4 Å². The minimum atomic E-state index is -0.297. The summed E-state index contributed by atoms with van der Waals surface area (Å²) in [7, 11) is 1.72. The van der Waals surface area contributed by atoms with Crippen LogP contribution < -0.4 is 15.4 Å². The van der Waals surface area contributed by atoms with Gasteiger partial charge in [-0.15, -0.1) is 24.0 Å². The monoisotopic (exact) mass is 423 g/mol. The average molecular weight is 423 g/mol. The van der Waals surface area contributed by atoms with Gasteiger partial charge < -0.3 is 20.1 Å². The van der Waals surface area contributed by atoms with Crippen molar-refractivity contribution in [3.63, 3.8) is 0 Å². The molecule has 1 aromatic carbocycles. The standard InChI is InChI=1S/C15H22FN3O2.HI/c1-17-15(19-11-14-6-3-8-20-14)18-7-9-21-13-5-2-4-12(16)10-13;/h2,4-5,10,14H,3,6-9,11H2,1H3,(H2,17,18,19);1H. The maximum atomic E-state index is 13.0. The van der Waals surface area contributed by atoms with E-state index in [-0.39, 0.29) is 35.9 Å². The van der Waals surface area contributed by atoms with Crippen molar-refractivity contribution in [3.05, 3.63) is 30.1 Å². The number of halogens is 2. The second-order valence-electron chi connectivity index (χ2n) is 4.82. The van der Waals surface area contributed by atoms with Crippen LogP contribution in [-0.4, -0.2) is 45.4 Å². The molecule has 1 heterocycles. The molecule has 0 aliphatic carbocycles. The van der Waals surface area contributed by atoms with Crippen LogP contribution in [-0.2, 0) is 4.74 Å². The molecule has 0 radical (unpaired) electrons. The lowest BCUT2D eigenvalue weighted by atomic mass is 10.2. The van der Waals surface area contributed by atoms with Crippen LogP contribution in [0.4, 0.5) is 4.39 Å². The highest BCUT2D eigenvalue weighted by Gasteiger charge is 2.15. The van der Waals surface area contributed by atoms with Gasteiger partial charge in [0.05, 0.1) is 12.6 Å². The van der Waals surface area contributed by atoms with Crippen molar-refractivity contribution in [1.82, 2.24) is 10.6 Å². The van der Waals surface area contributed by atoms with Crippen LogP contribution in [0.15, 0.2) is 29.3 Å². The number of nitrogens with zero attached hydrogens (tertiary/aromatic N) is 1. The molecule has 1 unspecified atom stereocenters. The fourth-order valence-corrected chi connectivity index (χ4v) is 2.13. The Morgan fingerprint density at radius 2 is 2.32 bits per heavy atom. The zero-order chi connectivity index (χ0) is 14.9. The topological polar surface area (TPSA) is 54.9 Å². The number of guanidine groups is 1. The lowest BCUT2D eigenvalue weighted by Gasteiger charge is -2.15. The number of ether oxygens (including phenoxy) is 2. The highest BCUT2D eigenvalue weighted by atomic mass is 127. The van der Waals surface area contributed by atoms with Crippen molar-refractivity contribution >= 4 is 29.9 Å². The summed E-state index contributed by atoms with van der Waals surface area (Å²) < 4.78 is 24.0. The molecule has 2 rings (SSSR count). The second-order valence-corrected chi connectivity index (χ2v) is 4.82. The van der Waals surface area contributed by atoms with E-state index < -0.39 is 0 Å². The molecular formula is C15H23FIN3O2. The van der Waals surface area contributed by atoms with E-state index in [4.69, 9.17) is 9.47 Å². The summed E-state index contributed by atoms with van der Waals surface area (Å²) in [6, 6.07) is 6.11. The van der Waals surface area contributed by atoms with Crippen LogP contribution in [0.25, 0.3) is 0 Å². The molecule has 2 N–H and O–H groups in total. The van der Waals surface area contributed by atoms with Crippen molar-refractivity contribution in [2.45, 2.75) is 18.9 Å². The number of hydrogen-bond donors (Lipinski definition) is 2. The Kier molecular flexibility index (Phi) is 9.14. The van der Waals surface area contributed by atoms with Gasteiger partial charge in [-0.3, -0.25) is 4.99 Å². The second kappa shape index (κ2) is 10.6. The molecule has 0 amide bonds. The maximum absolute atomic E-state index is 13.0. The van der Waals surface area contributed by atoms with Crippen LogP contribution in [0, 0.1) is 5.82 Å². The van der Waals surface area contributed by atoms with Gasteiger partial charge in [-0.2, -0.15) is 0 Å². The Morgan fingerprint density at radius 1 is 1.45 bits per heavy atom. The molecule has 1 fully saturated rings. The van der Waals surface area contributed by atoms with E-state index in [1.165, 1.54) is 12.1 Å². The first kappa shape index (κ1) is 19.0. The first-order chi connectivity index (χ1) is 10.3. The van der Waals surface area contributed by atoms with E-state index in [2.05, 4.69) is 15.6 Å². The molecule has 0 bridgehead atoms. The molecule has 0 spiro atoms. The Balaban J connectivity index is 0.00000242. The minimum absolute atomic E-state index is 0. The van der Waals surface area contributed by atoms with Gasteiger partial charge in [-0.1, -0.05) is 6.07 Å². The van der Waals surface area contributed by atoms with E-state index in [0.717, 1.165) is 26.0 Å². The zero-order valence-electron chi connectivity index (χ0n) is 12.7. The average Bonchev–Trinajstić information content (AvgIpc) is 3.00. The van der Waals surface area contributed by atoms with Gasteiger partial charge in [0.2, 0.25) is 0 Å². The molecule has 0 aromatic heterocycles. The lowest BCUT2D eigenvalue weighted by molar-refractivity contribution is 0.114. The quantitative estimate of drug-likeness (QED) is 0.319. The predicted molar refractivity (Wildman–Crippen MR) is 95.6 cm³/mol.